The van der Waals surface area contributed by atoms with Crippen molar-refractivity contribution in [2.24, 2.45) is 0 Å². The van der Waals surface area contributed by atoms with Crippen LogP contribution in [0.2, 0.25) is 0 Å². The van der Waals surface area contributed by atoms with Gasteiger partial charge in [-0.2, -0.15) is 10.4 Å². The van der Waals surface area contributed by atoms with Gasteiger partial charge in [0.2, 0.25) is 0 Å². The van der Waals surface area contributed by atoms with Crippen LogP contribution >= 0.6 is 0 Å². The summed E-state index contributed by atoms with van der Waals surface area (Å²) in [7, 11) is 0. The number of rotatable bonds is 2. The molecule has 3 rings (SSSR count). The third-order valence-electron chi connectivity index (χ3n) is 2.79. The molecule has 0 amide bonds. The molecule has 6 nitrogen and oxygen atoms in total. The van der Waals surface area contributed by atoms with Gasteiger partial charge in [-0.05, 0) is 18.2 Å². The molecular weight excluding hydrogens is 252 g/mol. The predicted octanol–water partition coefficient (Wildman–Crippen LogP) is 1.78. The van der Waals surface area contributed by atoms with Crippen LogP contribution in [0.1, 0.15) is 5.56 Å². The van der Waals surface area contributed by atoms with Gasteiger partial charge in [-0.15, -0.1) is 0 Å². The minimum atomic E-state index is 0.457. The van der Waals surface area contributed by atoms with Gasteiger partial charge in [0.15, 0.2) is 0 Å². The number of benzene rings is 1. The summed E-state index contributed by atoms with van der Waals surface area (Å²) in [6.45, 7) is 0. The smallest absolute Gasteiger partial charge is 0.250 e. The lowest BCUT2D eigenvalue weighted by Crippen LogP contribution is -2.00. The topological polar surface area (TPSA) is 93.4 Å². The van der Waals surface area contributed by atoms with Crippen LogP contribution in [0.25, 0.3) is 17.2 Å². The number of anilines is 1. The van der Waals surface area contributed by atoms with Gasteiger partial charge in [0.25, 0.3) is 5.95 Å². The highest BCUT2D eigenvalue weighted by Gasteiger charge is 2.10. The monoisotopic (exact) mass is 262 g/mol. The zero-order valence-electron chi connectivity index (χ0n) is 10.4. The van der Waals surface area contributed by atoms with E-state index in [2.05, 4.69) is 21.1 Å². The molecule has 3 aromatic rings. The summed E-state index contributed by atoms with van der Waals surface area (Å²) in [5.41, 5.74) is 8.59. The molecule has 0 aliphatic heterocycles. The molecule has 2 N–H and O–H groups in total. The largest absolute Gasteiger partial charge is 0.396 e. The molecule has 0 spiro atoms. The standard InChI is InChI=1S/C14H10N6/c15-8-10-2-4-11(5-3-10)13-12(16)9-20(19-13)14-17-6-1-7-18-14/h1-7,9H,16H2. The number of hydrogen-bond donors (Lipinski definition) is 1. The molecule has 2 aromatic heterocycles. The van der Waals surface area contributed by atoms with E-state index in [-0.39, 0.29) is 0 Å². The normalized spacial score (nSPS) is 10.2. The molecule has 0 unspecified atom stereocenters. The number of nitriles is 1. The van der Waals surface area contributed by atoms with E-state index in [9.17, 15) is 0 Å². The number of hydrogen-bond acceptors (Lipinski definition) is 5. The van der Waals surface area contributed by atoms with Gasteiger partial charge in [-0.25, -0.2) is 14.6 Å². The highest BCUT2D eigenvalue weighted by Crippen LogP contribution is 2.24. The lowest BCUT2D eigenvalue weighted by atomic mass is 10.1. The summed E-state index contributed by atoms with van der Waals surface area (Å²) in [6.07, 6.45) is 4.95. The first-order valence-corrected chi connectivity index (χ1v) is 5.91. The van der Waals surface area contributed by atoms with E-state index in [1.54, 1.807) is 36.8 Å². The van der Waals surface area contributed by atoms with E-state index in [1.807, 2.05) is 12.1 Å². The second kappa shape index (κ2) is 4.82. The van der Waals surface area contributed by atoms with E-state index in [1.165, 1.54) is 4.68 Å². The average Bonchev–Trinajstić information content (AvgIpc) is 2.90. The summed E-state index contributed by atoms with van der Waals surface area (Å²) in [6, 6.07) is 10.9. The Bertz CT molecular complexity index is 768. The number of nitrogens with two attached hydrogens (primary N) is 1. The maximum Gasteiger partial charge on any atom is 0.250 e. The van der Waals surface area contributed by atoms with Crippen molar-refractivity contribution in [3.63, 3.8) is 0 Å². The lowest BCUT2D eigenvalue weighted by Gasteiger charge is -1.98. The van der Waals surface area contributed by atoms with Gasteiger partial charge in [-0.1, -0.05) is 12.1 Å². The minimum Gasteiger partial charge on any atom is -0.396 e. The van der Waals surface area contributed by atoms with Crippen molar-refractivity contribution in [1.29, 1.82) is 5.26 Å². The van der Waals surface area contributed by atoms with Crippen LogP contribution in [0.15, 0.2) is 48.9 Å². The van der Waals surface area contributed by atoms with Crippen molar-refractivity contribution in [2.45, 2.75) is 0 Å². The fourth-order valence-corrected chi connectivity index (χ4v) is 1.83. The molecule has 0 saturated heterocycles. The average molecular weight is 262 g/mol. The second-order valence-electron chi connectivity index (χ2n) is 4.12. The molecule has 0 bridgehead atoms. The SMILES string of the molecule is N#Cc1ccc(-c2nn(-c3ncccn3)cc2N)cc1. The molecule has 0 aliphatic carbocycles. The summed E-state index contributed by atoms with van der Waals surface area (Å²) >= 11 is 0. The van der Waals surface area contributed by atoms with Crippen LogP contribution in [-0.4, -0.2) is 19.7 Å². The number of nitrogens with zero attached hydrogens (tertiary/aromatic N) is 5. The van der Waals surface area contributed by atoms with Crippen molar-refractivity contribution in [1.82, 2.24) is 19.7 Å². The third-order valence-corrected chi connectivity index (χ3v) is 2.79. The summed E-state index contributed by atoms with van der Waals surface area (Å²) < 4.78 is 1.53. The maximum atomic E-state index is 8.80. The third kappa shape index (κ3) is 2.08. The van der Waals surface area contributed by atoms with Crippen LogP contribution in [0.5, 0.6) is 0 Å². The van der Waals surface area contributed by atoms with Gasteiger partial charge in [0, 0.05) is 18.0 Å². The Morgan fingerprint density at radius 2 is 1.80 bits per heavy atom. The minimum absolute atomic E-state index is 0.457. The number of aromatic nitrogens is 4. The summed E-state index contributed by atoms with van der Waals surface area (Å²) in [5.74, 6) is 0.457. The van der Waals surface area contributed by atoms with E-state index < -0.39 is 0 Å². The molecule has 0 radical (unpaired) electrons. The fraction of sp³-hybridized carbons (Fsp3) is 0. The molecule has 1 aromatic carbocycles. The van der Waals surface area contributed by atoms with E-state index in [4.69, 9.17) is 11.0 Å². The Morgan fingerprint density at radius 3 is 2.45 bits per heavy atom. The Balaban J connectivity index is 2.03. The first-order chi connectivity index (χ1) is 9.78. The van der Waals surface area contributed by atoms with Crippen molar-refractivity contribution in [3.05, 3.63) is 54.5 Å². The molecule has 0 aliphatic rings. The predicted molar refractivity (Wildman–Crippen MR) is 73.7 cm³/mol. The first-order valence-electron chi connectivity index (χ1n) is 5.91. The molecule has 20 heavy (non-hydrogen) atoms. The van der Waals surface area contributed by atoms with Gasteiger partial charge in [0.1, 0.15) is 5.69 Å². The Hall–Kier alpha value is -3.20. The quantitative estimate of drug-likeness (QED) is 0.759. The summed E-state index contributed by atoms with van der Waals surface area (Å²) in [5, 5.41) is 13.2. The van der Waals surface area contributed by atoms with E-state index in [0.29, 0.717) is 22.9 Å². The molecule has 2 heterocycles. The van der Waals surface area contributed by atoms with Crippen molar-refractivity contribution in [3.8, 4) is 23.3 Å². The zero-order valence-corrected chi connectivity index (χ0v) is 10.4. The van der Waals surface area contributed by atoms with Gasteiger partial charge >= 0.3 is 0 Å². The Morgan fingerprint density at radius 1 is 1.10 bits per heavy atom. The molecular formula is C14H10N6. The van der Waals surface area contributed by atoms with Crippen LogP contribution < -0.4 is 5.73 Å². The molecule has 0 atom stereocenters. The highest BCUT2D eigenvalue weighted by molar-refractivity contribution is 5.72. The van der Waals surface area contributed by atoms with Gasteiger partial charge in [0.05, 0.1) is 23.5 Å². The van der Waals surface area contributed by atoms with Gasteiger partial charge in [-0.3, -0.25) is 0 Å². The van der Waals surface area contributed by atoms with Gasteiger partial charge < -0.3 is 5.73 Å². The zero-order chi connectivity index (χ0) is 13.9. The fourth-order valence-electron chi connectivity index (χ4n) is 1.83. The first kappa shape index (κ1) is 11.9. The Labute approximate surface area is 115 Å². The lowest BCUT2D eigenvalue weighted by molar-refractivity contribution is 0.811. The van der Waals surface area contributed by atoms with E-state index >= 15 is 0 Å². The molecule has 0 saturated carbocycles. The van der Waals surface area contributed by atoms with Crippen LogP contribution in [0, 0.1) is 11.3 Å². The van der Waals surface area contributed by atoms with E-state index in [0.717, 1.165) is 5.56 Å². The van der Waals surface area contributed by atoms with Crippen LogP contribution in [0.3, 0.4) is 0 Å². The van der Waals surface area contributed by atoms with Crippen LogP contribution in [0.4, 0.5) is 5.69 Å². The second-order valence-corrected chi connectivity index (χ2v) is 4.12. The van der Waals surface area contributed by atoms with Crippen molar-refractivity contribution < 1.29 is 0 Å². The number of nitrogen functional groups attached to an aromatic ring is 1. The highest BCUT2D eigenvalue weighted by atomic mass is 15.3. The van der Waals surface area contributed by atoms with Crippen LogP contribution in [-0.2, 0) is 0 Å². The molecule has 96 valence electrons. The molecule has 6 heteroatoms. The summed E-state index contributed by atoms with van der Waals surface area (Å²) in [4.78, 5) is 8.23. The Kier molecular flexibility index (Phi) is 2.86. The van der Waals surface area contributed by atoms with Crippen molar-refractivity contribution in [2.75, 3.05) is 5.73 Å². The van der Waals surface area contributed by atoms with Crippen molar-refractivity contribution >= 4 is 5.69 Å². The molecule has 0 fully saturated rings. The maximum absolute atomic E-state index is 8.80.